The number of carbonyl (C=O) groups excluding carboxylic acids is 2. The Hall–Kier alpha value is -2.34. The van der Waals surface area contributed by atoms with Gasteiger partial charge in [0.15, 0.2) is 0 Å². The van der Waals surface area contributed by atoms with E-state index < -0.39 is 6.04 Å². The van der Waals surface area contributed by atoms with Crippen molar-refractivity contribution in [1.29, 1.82) is 0 Å². The van der Waals surface area contributed by atoms with Gasteiger partial charge in [-0.05, 0) is 41.8 Å². The number of nitrogens with one attached hydrogen (secondary N) is 1. The zero-order valence-corrected chi connectivity index (χ0v) is 16.3. The Morgan fingerprint density at radius 3 is 2.67 bits per heavy atom. The molecule has 27 heavy (non-hydrogen) atoms. The Labute approximate surface area is 170 Å². The van der Waals surface area contributed by atoms with Crippen molar-refractivity contribution < 1.29 is 9.59 Å². The van der Waals surface area contributed by atoms with Gasteiger partial charge >= 0.3 is 0 Å². The third-order valence-electron chi connectivity index (χ3n) is 4.39. The molecule has 2 aromatic carbocycles. The van der Waals surface area contributed by atoms with Crippen LogP contribution >= 0.6 is 34.5 Å². The molecule has 0 fully saturated rings. The maximum Gasteiger partial charge on any atom is 0.256 e. The molecule has 1 atom stereocenters. The predicted molar refractivity (Wildman–Crippen MR) is 109 cm³/mol. The van der Waals surface area contributed by atoms with Crippen molar-refractivity contribution >= 4 is 52.0 Å². The fraction of sp³-hybridized carbons (Fsp3) is 0.100. The fourth-order valence-electron chi connectivity index (χ4n) is 3.21. The molecule has 3 aromatic rings. The molecule has 0 aliphatic carbocycles. The van der Waals surface area contributed by atoms with Gasteiger partial charge in [-0.25, -0.2) is 0 Å². The van der Waals surface area contributed by atoms with E-state index in [9.17, 15) is 9.59 Å². The number of nitrogens with zero attached hydrogens (tertiary/aromatic N) is 1. The Morgan fingerprint density at radius 1 is 1.11 bits per heavy atom. The quantitative estimate of drug-likeness (QED) is 0.620. The van der Waals surface area contributed by atoms with Gasteiger partial charge in [-0.2, -0.15) is 0 Å². The summed E-state index contributed by atoms with van der Waals surface area (Å²) in [6.45, 7) is -0.0844. The second-order valence-electron chi connectivity index (χ2n) is 6.11. The van der Waals surface area contributed by atoms with Gasteiger partial charge in [0.1, 0.15) is 6.54 Å². The van der Waals surface area contributed by atoms with Crippen LogP contribution in [0.4, 0.5) is 5.69 Å². The van der Waals surface area contributed by atoms with Crippen LogP contribution in [0.3, 0.4) is 0 Å². The molecule has 2 amide bonds. The number of halogens is 2. The minimum Gasteiger partial charge on any atom is -0.324 e. The number of thiophene rings is 1. The lowest BCUT2D eigenvalue weighted by molar-refractivity contribution is -0.117. The number of hydrogen-bond acceptors (Lipinski definition) is 3. The molecule has 0 radical (unpaired) electrons. The topological polar surface area (TPSA) is 49.4 Å². The first kappa shape index (κ1) is 18.0. The molecule has 2 heterocycles. The van der Waals surface area contributed by atoms with E-state index in [0.717, 1.165) is 10.4 Å². The molecular weight excluding hydrogens is 403 g/mol. The van der Waals surface area contributed by atoms with Crippen LogP contribution < -0.4 is 5.32 Å². The number of hydrogen-bond donors (Lipinski definition) is 1. The summed E-state index contributed by atoms with van der Waals surface area (Å²) in [5.74, 6) is -0.569. The van der Waals surface area contributed by atoms with Crippen molar-refractivity contribution in [2.45, 2.75) is 6.04 Å². The Bertz CT molecular complexity index is 1020. The van der Waals surface area contributed by atoms with E-state index in [2.05, 4.69) is 5.32 Å². The molecule has 7 heteroatoms. The van der Waals surface area contributed by atoms with E-state index in [1.54, 1.807) is 47.4 Å². The van der Waals surface area contributed by atoms with Crippen molar-refractivity contribution in [2.75, 3.05) is 11.9 Å². The highest BCUT2D eigenvalue weighted by Gasteiger charge is 2.35. The summed E-state index contributed by atoms with van der Waals surface area (Å²) < 4.78 is 0. The second kappa shape index (κ2) is 7.35. The maximum absolute atomic E-state index is 13.4. The predicted octanol–water partition coefficient (Wildman–Crippen LogP) is 5.24. The molecule has 4 rings (SSSR count). The maximum atomic E-state index is 13.4. The third kappa shape index (κ3) is 3.46. The minimum absolute atomic E-state index is 0.0844. The van der Waals surface area contributed by atoms with E-state index in [4.69, 9.17) is 23.2 Å². The molecule has 0 saturated carbocycles. The first-order valence-electron chi connectivity index (χ1n) is 8.23. The number of anilines is 1. The molecule has 0 saturated heterocycles. The van der Waals surface area contributed by atoms with E-state index in [0.29, 0.717) is 21.3 Å². The molecule has 1 unspecified atom stereocenters. The lowest BCUT2D eigenvalue weighted by Crippen LogP contribution is -2.38. The van der Waals surface area contributed by atoms with Crippen molar-refractivity contribution in [3.63, 3.8) is 0 Å². The molecule has 0 spiro atoms. The van der Waals surface area contributed by atoms with Crippen LogP contribution in [0.15, 0.2) is 60.0 Å². The van der Waals surface area contributed by atoms with Gasteiger partial charge in [0, 0.05) is 21.2 Å². The lowest BCUT2D eigenvalue weighted by atomic mass is 10.0. The SMILES string of the molecule is O=C1CN(C(=O)c2ccccc2Cl)C(c2cccs2)c2cc(Cl)ccc2N1. The van der Waals surface area contributed by atoms with E-state index >= 15 is 0 Å². The van der Waals surface area contributed by atoms with Crippen LogP contribution in [0.1, 0.15) is 26.8 Å². The van der Waals surface area contributed by atoms with Crippen molar-refractivity contribution in [1.82, 2.24) is 4.90 Å². The summed E-state index contributed by atoms with van der Waals surface area (Å²) in [7, 11) is 0. The zero-order chi connectivity index (χ0) is 19.0. The van der Waals surface area contributed by atoms with Gasteiger partial charge < -0.3 is 10.2 Å². The summed E-state index contributed by atoms with van der Waals surface area (Å²) in [6, 6.07) is 15.5. The van der Waals surface area contributed by atoms with Gasteiger partial charge in [0.2, 0.25) is 5.91 Å². The number of fused-ring (bicyclic) bond motifs is 1. The lowest BCUT2D eigenvalue weighted by Gasteiger charge is -2.30. The van der Waals surface area contributed by atoms with Crippen LogP contribution in [0.25, 0.3) is 0 Å². The van der Waals surface area contributed by atoms with Crippen LogP contribution in [0.2, 0.25) is 10.0 Å². The second-order valence-corrected chi connectivity index (χ2v) is 7.93. The van der Waals surface area contributed by atoms with Crippen molar-refractivity contribution in [2.24, 2.45) is 0 Å². The Balaban J connectivity index is 1.89. The summed E-state index contributed by atoms with van der Waals surface area (Å²) >= 11 is 14.0. The summed E-state index contributed by atoms with van der Waals surface area (Å²) in [6.07, 6.45) is 0. The molecule has 136 valence electrons. The first-order valence-corrected chi connectivity index (χ1v) is 9.86. The summed E-state index contributed by atoms with van der Waals surface area (Å²) in [5.41, 5.74) is 1.78. The molecule has 0 bridgehead atoms. The normalized spacial score (nSPS) is 16.4. The average Bonchev–Trinajstić information content (AvgIpc) is 3.13. The molecule has 1 aliphatic heterocycles. The van der Waals surface area contributed by atoms with Gasteiger partial charge in [0.25, 0.3) is 5.91 Å². The molecular formula is C20H14Cl2N2O2S. The van der Waals surface area contributed by atoms with Crippen LogP contribution in [0, 0.1) is 0 Å². The highest BCUT2D eigenvalue weighted by atomic mass is 35.5. The first-order chi connectivity index (χ1) is 13.0. The van der Waals surface area contributed by atoms with Crippen LogP contribution in [0.5, 0.6) is 0 Å². The number of rotatable bonds is 2. The number of amides is 2. The fourth-order valence-corrected chi connectivity index (χ4v) is 4.46. The average molecular weight is 417 g/mol. The highest BCUT2D eigenvalue weighted by Crippen LogP contribution is 2.40. The third-order valence-corrected chi connectivity index (χ3v) is 5.88. The highest BCUT2D eigenvalue weighted by molar-refractivity contribution is 7.10. The summed E-state index contributed by atoms with van der Waals surface area (Å²) in [4.78, 5) is 28.3. The molecule has 1 aromatic heterocycles. The van der Waals surface area contributed by atoms with Crippen molar-refractivity contribution in [3.8, 4) is 0 Å². The van der Waals surface area contributed by atoms with Crippen molar-refractivity contribution in [3.05, 3.63) is 86.0 Å². The smallest absolute Gasteiger partial charge is 0.256 e. The standard InChI is InChI=1S/C20H14Cl2N2O2S/c21-12-7-8-16-14(10-12)19(17-6-3-9-27-17)24(11-18(25)23-16)20(26)13-4-1-2-5-15(13)22/h1-10,19H,11H2,(H,23,25). The van der Waals surface area contributed by atoms with Crippen LogP contribution in [-0.2, 0) is 4.79 Å². The summed E-state index contributed by atoms with van der Waals surface area (Å²) in [5, 5.41) is 5.70. The Morgan fingerprint density at radius 2 is 1.93 bits per heavy atom. The largest absolute Gasteiger partial charge is 0.324 e. The molecule has 1 N–H and O–H groups in total. The van der Waals surface area contributed by atoms with E-state index in [1.807, 2.05) is 17.5 Å². The van der Waals surface area contributed by atoms with Gasteiger partial charge in [0.05, 0.1) is 16.6 Å². The minimum atomic E-state index is -0.443. The number of carbonyl (C=O) groups is 2. The monoisotopic (exact) mass is 416 g/mol. The number of benzene rings is 2. The molecule has 4 nitrogen and oxygen atoms in total. The van der Waals surface area contributed by atoms with Crippen LogP contribution in [-0.4, -0.2) is 23.3 Å². The van der Waals surface area contributed by atoms with E-state index in [-0.39, 0.29) is 18.4 Å². The Kier molecular flexibility index (Phi) is 4.91. The molecule has 1 aliphatic rings. The van der Waals surface area contributed by atoms with Gasteiger partial charge in [-0.3, -0.25) is 9.59 Å². The van der Waals surface area contributed by atoms with Gasteiger partial charge in [-0.1, -0.05) is 41.4 Å². The van der Waals surface area contributed by atoms with Gasteiger partial charge in [-0.15, -0.1) is 11.3 Å². The zero-order valence-electron chi connectivity index (χ0n) is 14.0. The van der Waals surface area contributed by atoms with E-state index in [1.165, 1.54) is 11.3 Å².